The van der Waals surface area contributed by atoms with Crippen LogP contribution in [0.3, 0.4) is 0 Å². The van der Waals surface area contributed by atoms with Crippen molar-refractivity contribution in [2.75, 3.05) is 5.32 Å². The van der Waals surface area contributed by atoms with Crippen molar-refractivity contribution in [1.29, 1.82) is 0 Å². The zero-order valence-corrected chi connectivity index (χ0v) is 15.2. The number of nitro benzene ring substituents is 1. The summed E-state index contributed by atoms with van der Waals surface area (Å²) in [5.41, 5.74) is 0.292. The van der Waals surface area contributed by atoms with Crippen LogP contribution in [0.4, 0.5) is 20.2 Å². The van der Waals surface area contributed by atoms with Crippen molar-refractivity contribution < 1.29 is 18.4 Å². The lowest BCUT2D eigenvalue weighted by molar-refractivity contribution is -0.384. The Balaban J connectivity index is 1.74. The average Bonchev–Trinajstić information content (AvgIpc) is 2.70. The monoisotopic (exact) mass is 423 g/mol. The quantitative estimate of drug-likeness (QED) is 0.457. The predicted molar refractivity (Wildman–Crippen MR) is 99.7 cm³/mol. The molecule has 29 heavy (non-hydrogen) atoms. The van der Waals surface area contributed by atoms with Crippen molar-refractivity contribution in [3.8, 4) is 11.4 Å². The van der Waals surface area contributed by atoms with Crippen LogP contribution in [0.15, 0.2) is 53.6 Å². The number of anilines is 1. The molecule has 0 unspecified atom stereocenters. The van der Waals surface area contributed by atoms with Gasteiger partial charge in [0.2, 0.25) is 0 Å². The molecule has 150 valence electrons. The van der Waals surface area contributed by atoms with Crippen LogP contribution in [-0.2, 0) is 6.54 Å². The fourth-order valence-electron chi connectivity index (χ4n) is 2.33. The minimum Gasteiger partial charge on any atom is -0.433 e. The van der Waals surface area contributed by atoms with E-state index in [2.05, 4.69) is 20.1 Å². The number of alkyl halides is 2. The van der Waals surface area contributed by atoms with E-state index < -0.39 is 17.1 Å². The number of nitrogens with zero attached hydrogens (tertiary/aromatic N) is 4. The number of ether oxygens (including phenoxy) is 1. The lowest BCUT2D eigenvalue weighted by Gasteiger charge is -2.10. The molecular weight excluding hydrogens is 412 g/mol. The molecule has 0 radical (unpaired) electrons. The topological polar surface area (TPSA) is 112 Å². The van der Waals surface area contributed by atoms with Crippen molar-refractivity contribution >= 4 is 23.0 Å². The first-order valence-corrected chi connectivity index (χ1v) is 8.39. The van der Waals surface area contributed by atoms with Crippen LogP contribution in [-0.4, -0.2) is 26.3 Å². The summed E-state index contributed by atoms with van der Waals surface area (Å²) in [5.74, 6) is -0.0749. The highest BCUT2D eigenvalue weighted by molar-refractivity contribution is 6.32. The van der Waals surface area contributed by atoms with E-state index in [4.69, 9.17) is 11.6 Å². The lowest BCUT2D eigenvalue weighted by Crippen LogP contribution is -2.22. The van der Waals surface area contributed by atoms with Crippen molar-refractivity contribution in [1.82, 2.24) is 14.8 Å². The molecule has 0 aliphatic carbocycles. The number of pyridine rings is 1. The van der Waals surface area contributed by atoms with E-state index >= 15 is 0 Å². The molecule has 0 aliphatic rings. The van der Waals surface area contributed by atoms with Crippen molar-refractivity contribution in [3.05, 3.63) is 80.0 Å². The number of nitro groups is 1. The molecule has 0 atom stereocenters. The first kappa shape index (κ1) is 20.1. The molecule has 0 aliphatic heterocycles. The van der Waals surface area contributed by atoms with E-state index in [1.807, 2.05) is 0 Å². The van der Waals surface area contributed by atoms with Gasteiger partial charge in [-0.1, -0.05) is 11.6 Å². The highest BCUT2D eigenvalue weighted by Gasteiger charge is 2.12. The van der Waals surface area contributed by atoms with Gasteiger partial charge in [0.05, 0.1) is 40.9 Å². The molecule has 1 N–H and O–H groups in total. The van der Waals surface area contributed by atoms with E-state index in [-0.39, 0.29) is 28.7 Å². The summed E-state index contributed by atoms with van der Waals surface area (Å²) < 4.78 is 29.5. The third kappa shape index (κ3) is 4.82. The normalized spacial score (nSPS) is 10.8. The number of aromatic nitrogens is 3. The number of non-ortho nitro benzene ring substituents is 1. The number of benzene rings is 1. The van der Waals surface area contributed by atoms with Crippen molar-refractivity contribution in [3.63, 3.8) is 0 Å². The Hall–Kier alpha value is -3.60. The highest BCUT2D eigenvalue weighted by atomic mass is 35.5. The van der Waals surface area contributed by atoms with Gasteiger partial charge < -0.3 is 10.1 Å². The molecule has 12 heteroatoms. The van der Waals surface area contributed by atoms with Gasteiger partial charge in [-0.25, -0.2) is 0 Å². The Kier molecular flexibility index (Phi) is 5.98. The zero-order chi connectivity index (χ0) is 21.0. The van der Waals surface area contributed by atoms with E-state index in [9.17, 15) is 23.7 Å². The smallest absolute Gasteiger partial charge is 0.387 e. The Bertz CT molecular complexity index is 1070. The Morgan fingerprint density at radius 1 is 1.21 bits per heavy atom. The lowest BCUT2D eigenvalue weighted by atomic mass is 10.3. The van der Waals surface area contributed by atoms with Gasteiger partial charge in [-0.15, -0.1) is 0 Å². The van der Waals surface area contributed by atoms with Gasteiger partial charge in [0.1, 0.15) is 10.8 Å². The molecule has 3 rings (SSSR count). The number of rotatable bonds is 7. The van der Waals surface area contributed by atoms with Crippen LogP contribution in [0, 0.1) is 10.1 Å². The van der Waals surface area contributed by atoms with Crippen LogP contribution in [0.5, 0.6) is 5.75 Å². The highest BCUT2D eigenvalue weighted by Crippen LogP contribution is 2.19. The number of hydrogen-bond acceptors (Lipinski definition) is 7. The molecule has 2 heterocycles. The Morgan fingerprint density at radius 2 is 1.93 bits per heavy atom. The molecule has 1 aromatic carbocycles. The molecule has 0 saturated carbocycles. The predicted octanol–water partition coefficient (Wildman–Crippen LogP) is 3.40. The largest absolute Gasteiger partial charge is 0.433 e. The number of halogens is 3. The molecule has 9 nitrogen and oxygen atoms in total. The molecule has 3 aromatic rings. The maximum absolute atomic E-state index is 12.5. The molecule has 2 aromatic heterocycles. The van der Waals surface area contributed by atoms with E-state index in [0.29, 0.717) is 11.4 Å². The third-order valence-electron chi connectivity index (χ3n) is 3.71. The maximum Gasteiger partial charge on any atom is 0.387 e. The van der Waals surface area contributed by atoms with Crippen LogP contribution in [0.2, 0.25) is 5.02 Å². The summed E-state index contributed by atoms with van der Waals surface area (Å²) in [6.45, 7) is -2.79. The van der Waals surface area contributed by atoms with Crippen LogP contribution in [0.25, 0.3) is 5.69 Å². The van der Waals surface area contributed by atoms with Crippen LogP contribution >= 0.6 is 11.6 Å². The molecule has 0 bridgehead atoms. The minimum absolute atomic E-state index is 0.0749. The van der Waals surface area contributed by atoms with Crippen LogP contribution < -0.4 is 15.6 Å². The van der Waals surface area contributed by atoms with E-state index in [1.165, 1.54) is 42.6 Å². The summed E-state index contributed by atoms with van der Waals surface area (Å²) in [6, 6.07) is 8.06. The fraction of sp³-hybridized carbons (Fsp3) is 0.118. The van der Waals surface area contributed by atoms with Crippen LogP contribution in [0.1, 0.15) is 5.69 Å². The Labute approximate surface area is 166 Å². The average molecular weight is 424 g/mol. The summed E-state index contributed by atoms with van der Waals surface area (Å²) >= 11 is 6.11. The van der Waals surface area contributed by atoms with Gasteiger partial charge >= 0.3 is 6.61 Å². The third-order valence-corrected chi connectivity index (χ3v) is 4.07. The number of nitrogens with one attached hydrogen (secondary N) is 1. The molecular formula is C17H12ClF2N5O4. The summed E-state index contributed by atoms with van der Waals surface area (Å²) in [7, 11) is 0. The van der Waals surface area contributed by atoms with Gasteiger partial charge in [0.25, 0.3) is 11.2 Å². The SMILES string of the molecule is O=c1c(Cl)c(NCc2ccc(OC(F)F)cn2)cnn1-c1ccc([N+](=O)[O-])cc1. The zero-order valence-electron chi connectivity index (χ0n) is 14.5. The number of hydrogen-bond donors (Lipinski definition) is 1. The first-order valence-electron chi connectivity index (χ1n) is 8.01. The van der Waals surface area contributed by atoms with Crippen molar-refractivity contribution in [2.24, 2.45) is 0 Å². The van der Waals surface area contributed by atoms with E-state index in [0.717, 1.165) is 10.9 Å². The standard InChI is InChI=1S/C17H12ClF2N5O4/c18-15-14(22-7-10-1-6-13(8-21-10)29-17(19)20)9-23-24(16(15)26)11-2-4-12(5-3-11)25(27)28/h1-6,8-9,17,22H,7H2. The van der Waals surface area contributed by atoms with Gasteiger partial charge in [-0.05, 0) is 24.3 Å². The molecule has 0 fully saturated rings. The van der Waals surface area contributed by atoms with Gasteiger partial charge in [0, 0.05) is 12.1 Å². The van der Waals surface area contributed by atoms with Gasteiger partial charge in [-0.2, -0.15) is 18.6 Å². The summed E-state index contributed by atoms with van der Waals surface area (Å²) in [6.07, 6.45) is 2.47. The minimum atomic E-state index is -2.94. The second-order valence-corrected chi connectivity index (χ2v) is 5.96. The second kappa shape index (κ2) is 8.61. The molecule has 0 saturated heterocycles. The van der Waals surface area contributed by atoms with Gasteiger partial charge in [0.15, 0.2) is 0 Å². The fourth-order valence-corrected chi connectivity index (χ4v) is 2.53. The van der Waals surface area contributed by atoms with Gasteiger partial charge in [-0.3, -0.25) is 19.9 Å². The maximum atomic E-state index is 12.5. The molecule has 0 amide bonds. The summed E-state index contributed by atoms with van der Waals surface area (Å²) in [4.78, 5) is 26.6. The first-order chi connectivity index (χ1) is 13.8. The van der Waals surface area contributed by atoms with E-state index in [1.54, 1.807) is 0 Å². The molecule has 0 spiro atoms. The summed E-state index contributed by atoms with van der Waals surface area (Å²) in [5, 5.41) is 17.5. The van der Waals surface area contributed by atoms with Crippen molar-refractivity contribution in [2.45, 2.75) is 13.2 Å². The second-order valence-electron chi connectivity index (χ2n) is 5.58. The Morgan fingerprint density at radius 3 is 2.52 bits per heavy atom.